The molecule has 2 fully saturated rings. The molecule has 0 aliphatic carbocycles. The normalized spacial score (nSPS) is 18.0. The van der Waals surface area contributed by atoms with E-state index in [0.29, 0.717) is 54.3 Å². The SMILES string of the molecule is Cc1cc(NC(=O)C2(NC(=O)Oc3ccc(Cl)s3)CCOCC2)ccc1N1CCOCC1=O. The number of thiophene rings is 1. The molecule has 176 valence electrons. The Morgan fingerprint density at radius 3 is 2.61 bits per heavy atom. The van der Waals surface area contributed by atoms with E-state index in [-0.39, 0.29) is 18.4 Å². The zero-order chi connectivity index (χ0) is 23.4. The average Bonchev–Trinajstić information content (AvgIpc) is 3.19. The Labute approximate surface area is 199 Å². The molecule has 33 heavy (non-hydrogen) atoms. The molecular weight excluding hydrogens is 470 g/mol. The summed E-state index contributed by atoms with van der Waals surface area (Å²) in [7, 11) is 0. The number of aryl methyl sites for hydroxylation is 1. The maximum Gasteiger partial charge on any atom is 0.414 e. The highest BCUT2D eigenvalue weighted by Crippen LogP contribution is 2.30. The molecule has 0 unspecified atom stereocenters. The van der Waals surface area contributed by atoms with Crippen LogP contribution < -0.4 is 20.3 Å². The summed E-state index contributed by atoms with van der Waals surface area (Å²) in [4.78, 5) is 39.6. The number of carbonyl (C=O) groups excluding carboxylic acids is 3. The molecule has 2 saturated heterocycles. The Bertz CT molecular complexity index is 1050. The number of amides is 3. The largest absolute Gasteiger partial charge is 0.414 e. The molecule has 3 amide bonds. The van der Waals surface area contributed by atoms with Crippen LogP contribution >= 0.6 is 22.9 Å². The number of morpholine rings is 1. The summed E-state index contributed by atoms with van der Waals surface area (Å²) in [6.45, 7) is 3.55. The van der Waals surface area contributed by atoms with Crippen LogP contribution in [0.3, 0.4) is 0 Å². The van der Waals surface area contributed by atoms with Gasteiger partial charge in [0, 0.05) is 44.0 Å². The lowest BCUT2D eigenvalue weighted by molar-refractivity contribution is -0.126. The van der Waals surface area contributed by atoms with Gasteiger partial charge in [0.2, 0.25) is 5.91 Å². The van der Waals surface area contributed by atoms with E-state index in [1.165, 1.54) is 0 Å². The molecule has 11 heteroatoms. The van der Waals surface area contributed by atoms with Gasteiger partial charge in [0.15, 0.2) is 5.06 Å². The number of hydrogen-bond acceptors (Lipinski definition) is 7. The predicted octanol–water partition coefficient (Wildman–Crippen LogP) is 3.35. The quantitative estimate of drug-likeness (QED) is 0.661. The van der Waals surface area contributed by atoms with Crippen molar-refractivity contribution in [3.05, 3.63) is 40.2 Å². The summed E-state index contributed by atoms with van der Waals surface area (Å²) in [5, 5.41) is 5.97. The molecule has 2 aromatic rings. The number of benzene rings is 1. The molecule has 0 saturated carbocycles. The third-order valence-corrected chi connectivity index (χ3v) is 6.70. The molecular formula is C22H24ClN3O6S. The van der Waals surface area contributed by atoms with Gasteiger partial charge in [0.05, 0.1) is 10.9 Å². The van der Waals surface area contributed by atoms with Crippen LogP contribution in [0.2, 0.25) is 4.34 Å². The number of hydrogen-bond donors (Lipinski definition) is 2. The molecule has 4 rings (SSSR count). The molecule has 2 N–H and O–H groups in total. The summed E-state index contributed by atoms with van der Waals surface area (Å²) < 4.78 is 16.4. The van der Waals surface area contributed by atoms with Crippen molar-refractivity contribution in [3.8, 4) is 5.06 Å². The summed E-state index contributed by atoms with van der Waals surface area (Å²) in [6.07, 6.45) is -0.125. The summed E-state index contributed by atoms with van der Waals surface area (Å²) in [5.41, 5.74) is 1.00. The highest BCUT2D eigenvalue weighted by molar-refractivity contribution is 7.17. The lowest BCUT2D eigenvalue weighted by Gasteiger charge is -2.36. The molecule has 2 aliphatic rings. The fourth-order valence-corrected chi connectivity index (χ4v) is 4.73. The Morgan fingerprint density at radius 1 is 1.15 bits per heavy atom. The predicted molar refractivity (Wildman–Crippen MR) is 124 cm³/mol. The number of rotatable bonds is 5. The van der Waals surface area contributed by atoms with Crippen LogP contribution in [-0.4, -0.2) is 56.4 Å². The van der Waals surface area contributed by atoms with E-state index in [9.17, 15) is 14.4 Å². The first-order valence-electron chi connectivity index (χ1n) is 10.5. The van der Waals surface area contributed by atoms with Crippen molar-refractivity contribution in [2.45, 2.75) is 25.3 Å². The van der Waals surface area contributed by atoms with Crippen LogP contribution in [0.15, 0.2) is 30.3 Å². The monoisotopic (exact) mass is 493 g/mol. The van der Waals surface area contributed by atoms with Gasteiger partial charge in [-0.1, -0.05) is 22.9 Å². The lowest BCUT2D eigenvalue weighted by atomic mass is 9.89. The highest BCUT2D eigenvalue weighted by atomic mass is 35.5. The Balaban J connectivity index is 1.47. The molecule has 0 atom stereocenters. The minimum absolute atomic E-state index is 0.0575. The molecule has 1 aromatic heterocycles. The average molecular weight is 494 g/mol. The van der Waals surface area contributed by atoms with Crippen molar-refractivity contribution in [2.24, 2.45) is 0 Å². The molecule has 0 radical (unpaired) electrons. The van der Waals surface area contributed by atoms with Crippen LogP contribution in [0.5, 0.6) is 5.06 Å². The van der Waals surface area contributed by atoms with Gasteiger partial charge in [-0.25, -0.2) is 4.79 Å². The smallest absolute Gasteiger partial charge is 0.399 e. The fraction of sp³-hybridized carbons (Fsp3) is 0.409. The number of nitrogens with one attached hydrogen (secondary N) is 2. The molecule has 2 aliphatic heterocycles. The molecule has 1 aromatic carbocycles. The van der Waals surface area contributed by atoms with Crippen molar-refractivity contribution in [2.75, 3.05) is 43.2 Å². The van der Waals surface area contributed by atoms with Gasteiger partial charge in [-0.05, 0) is 42.8 Å². The Morgan fingerprint density at radius 2 is 1.94 bits per heavy atom. The van der Waals surface area contributed by atoms with Crippen molar-refractivity contribution >= 4 is 52.2 Å². The second kappa shape index (κ2) is 10.1. The van der Waals surface area contributed by atoms with Gasteiger partial charge in [-0.3, -0.25) is 9.59 Å². The van der Waals surface area contributed by atoms with Crippen molar-refractivity contribution < 1.29 is 28.6 Å². The maximum atomic E-state index is 13.3. The number of nitrogens with zero attached hydrogens (tertiary/aromatic N) is 1. The van der Waals surface area contributed by atoms with Crippen molar-refractivity contribution in [1.82, 2.24) is 5.32 Å². The first-order chi connectivity index (χ1) is 15.9. The van der Waals surface area contributed by atoms with Crippen molar-refractivity contribution in [3.63, 3.8) is 0 Å². The van der Waals surface area contributed by atoms with Gasteiger partial charge in [-0.15, -0.1) is 0 Å². The van der Waals surface area contributed by atoms with E-state index in [1.807, 2.05) is 6.92 Å². The standard InChI is InChI=1S/C22H24ClN3O6S/c1-14-12-15(2-3-16(14)26-8-11-31-13-18(26)27)24-20(28)22(6-9-30-10-7-22)25-21(29)32-19-5-4-17(23)33-19/h2-5,12H,6-11,13H2,1H3,(H,24,28)(H,25,29). The summed E-state index contributed by atoms with van der Waals surface area (Å²) in [5.74, 6) is -0.460. The molecule has 0 bridgehead atoms. The Hall–Kier alpha value is -2.66. The second-order valence-corrected chi connectivity index (χ2v) is 9.50. The Kier molecular flexibility index (Phi) is 7.18. The van der Waals surface area contributed by atoms with E-state index >= 15 is 0 Å². The van der Waals surface area contributed by atoms with Crippen LogP contribution in [0, 0.1) is 6.92 Å². The molecule has 3 heterocycles. The van der Waals surface area contributed by atoms with Gasteiger partial charge in [0.25, 0.3) is 5.91 Å². The third-order valence-electron chi connectivity index (χ3n) is 5.60. The first kappa shape index (κ1) is 23.5. The van der Waals surface area contributed by atoms with E-state index in [2.05, 4.69) is 10.6 Å². The number of carbonyl (C=O) groups is 3. The van der Waals surface area contributed by atoms with Crippen LogP contribution in [0.25, 0.3) is 0 Å². The lowest BCUT2D eigenvalue weighted by Crippen LogP contribution is -2.60. The number of halogens is 1. The van der Waals surface area contributed by atoms with Gasteiger partial charge in [0.1, 0.15) is 12.1 Å². The summed E-state index contributed by atoms with van der Waals surface area (Å²) >= 11 is 7.01. The van der Waals surface area contributed by atoms with E-state index in [0.717, 1.165) is 22.6 Å². The minimum atomic E-state index is -1.18. The second-order valence-electron chi connectivity index (χ2n) is 7.82. The maximum absolute atomic E-state index is 13.3. The van der Waals surface area contributed by atoms with Gasteiger partial charge >= 0.3 is 6.09 Å². The van der Waals surface area contributed by atoms with Gasteiger partial charge < -0.3 is 29.7 Å². The third kappa shape index (κ3) is 5.47. The fourth-order valence-electron chi connectivity index (χ4n) is 3.85. The van der Waals surface area contributed by atoms with E-state index < -0.39 is 11.6 Å². The zero-order valence-corrected chi connectivity index (χ0v) is 19.6. The number of ether oxygens (including phenoxy) is 3. The minimum Gasteiger partial charge on any atom is -0.399 e. The van der Waals surface area contributed by atoms with Crippen LogP contribution in [-0.2, 0) is 19.1 Å². The number of anilines is 2. The topological polar surface area (TPSA) is 106 Å². The highest BCUT2D eigenvalue weighted by Gasteiger charge is 2.42. The van der Waals surface area contributed by atoms with E-state index in [4.69, 9.17) is 25.8 Å². The van der Waals surface area contributed by atoms with Gasteiger partial charge in [-0.2, -0.15) is 0 Å². The molecule has 0 spiro atoms. The van der Waals surface area contributed by atoms with E-state index in [1.54, 1.807) is 35.2 Å². The first-order valence-corrected chi connectivity index (χ1v) is 11.7. The van der Waals surface area contributed by atoms with Crippen LogP contribution in [0.4, 0.5) is 16.2 Å². The zero-order valence-electron chi connectivity index (χ0n) is 18.0. The molecule has 9 nitrogen and oxygen atoms in total. The van der Waals surface area contributed by atoms with Crippen molar-refractivity contribution in [1.29, 1.82) is 0 Å². The van der Waals surface area contributed by atoms with Crippen LogP contribution in [0.1, 0.15) is 18.4 Å². The summed E-state index contributed by atoms with van der Waals surface area (Å²) in [6, 6.07) is 8.55.